The van der Waals surface area contributed by atoms with Crippen LogP contribution in [0.25, 0.3) is 0 Å². The van der Waals surface area contributed by atoms with E-state index in [1.54, 1.807) is 18.0 Å². The minimum Gasteiger partial charge on any atom is -0.370 e. The van der Waals surface area contributed by atoms with Gasteiger partial charge in [0.1, 0.15) is 11.5 Å². The summed E-state index contributed by atoms with van der Waals surface area (Å²) in [5, 5.41) is 3.12. The number of carbonyl (C=O) groups is 1. The van der Waals surface area contributed by atoms with Crippen LogP contribution in [-0.2, 0) is 6.54 Å². The van der Waals surface area contributed by atoms with Gasteiger partial charge in [-0.2, -0.15) is 0 Å². The topological polar surface area (TPSA) is 45.2 Å². The maximum Gasteiger partial charge on any atom is 0.272 e. The summed E-state index contributed by atoms with van der Waals surface area (Å²) in [6.07, 6.45) is 0. The second-order valence-electron chi connectivity index (χ2n) is 5.03. The highest BCUT2D eigenvalue weighted by molar-refractivity contribution is 5.92. The van der Waals surface area contributed by atoms with Gasteiger partial charge < -0.3 is 10.2 Å². The van der Waals surface area contributed by atoms with Crippen molar-refractivity contribution in [3.05, 3.63) is 59.3 Å². The fraction of sp³-hybridized carbons (Fsp3) is 0.294. The number of aryl methyl sites for hydroxylation is 1. The first-order valence-corrected chi connectivity index (χ1v) is 7.12. The number of nitrogens with zero attached hydrogens (tertiary/aromatic N) is 2. The van der Waals surface area contributed by atoms with Crippen molar-refractivity contribution >= 4 is 11.7 Å². The summed E-state index contributed by atoms with van der Waals surface area (Å²) in [6.45, 7) is 5.42. The molecule has 0 saturated heterocycles. The first-order valence-electron chi connectivity index (χ1n) is 7.12. The molecule has 4 heteroatoms. The summed E-state index contributed by atoms with van der Waals surface area (Å²) in [5.41, 5.74) is 2.80. The number of carbonyl (C=O) groups excluding carboxylic acids is 1. The van der Waals surface area contributed by atoms with Gasteiger partial charge in [0.05, 0.1) is 0 Å². The highest BCUT2D eigenvalue weighted by atomic mass is 16.2. The molecule has 0 fully saturated rings. The molecule has 0 saturated carbocycles. The van der Waals surface area contributed by atoms with Crippen molar-refractivity contribution < 1.29 is 4.79 Å². The summed E-state index contributed by atoms with van der Waals surface area (Å²) in [7, 11) is 1.80. The fourth-order valence-electron chi connectivity index (χ4n) is 2.14. The number of nitrogens with one attached hydrogen (secondary N) is 1. The maximum absolute atomic E-state index is 12.5. The van der Waals surface area contributed by atoms with Gasteiger partial charge in [0.15, 0.2) is 0 Å². The Morgan fingerprint density at radius 1 is 1.19 bits per heavy atom. The third-order valence-electron chi connectivity index (χ3n) is 3.34. The molecule has 1 N–H and O–H groups in total. The van der Waals surface area contributed by atoms with E-state index in [4.69, 9.17) is 0 Å². The van der Waals surface area contributed by atoms with Crippen LogP contribution in [0, 0.1) is 6.92 Å². The molecule has 2 rings (SSSR count). The zero-order chi connectivity index (χ0) is 15.2. The quantitative estimate of drug-likeness (QED) is 0.917. The number of pyridine rings is 1. The number of hydrogen-bond donors (Lipinski definition) is 1. The Hall–Kier alpha value is -2.36. The van der Waals surface area contributed by atoms with Crippen molar-refractivity contribution in [1.29, 1.82) is 0 Å². The molecule has 0 bridgehead atoms. The average molecular weight is 283 g/mol. The van der Waals surface area contributed by atoms with Crippen LogP contribution in [0.4, 0.5) is 5.82 Å². The van der Waals surface area contributed by atoms with E-state index in [0.717, 1.165) is 17.9 Å². The van der Waals surface area contributed by atoms with Crippen molar-refractivity contribution in [1.82, 2.24) is 9.88 Å². The van der Waals surface area contributed by atoms with Gasteiger partial charge >= 0.3 is 0 Å². The Bertz CT molecular complexity index is 625. The lowest BCUT2D eigenvalue weighted by molar-refractivity contribution is 0.0779. The molecule has 21 heavy (non-hydrogen) atoms. The van der Waals surface area contributed by atoms with E-state index in [-0.39, 0.29) is 5.91 Å². The van der Waals surface area contributed by atoms with Crippen molar-refractivity contribution in [3.8, 4) is 0 Å². The second kappa shape index (κ2) is 6.88. The van der Waals surface area contributed by atoms with E-state index >= 15 is 0 Å². The second-order valence-corrected chi connectivity index (χ2v) is 5.03. The van der Waals surface area contributed by atoms with Crippen LogP contribution in [-0.4, -0.2) is 29.4 Å². The molecule has 0 aliphatic heterocycles. The number of rotatable bonds is 5. The van der Waals surface area contributed by atoms with E-state index in [2.05, 4.69) is 23.3 Å². The van der Waals surface area contributed by atoms with Crippen molar-refractivity contribution in [2.75, 3.05) is 18.9 Å². The van der Waals surface area contributed by atoms with E-state index in [9.17, 15) is 4.79 Å². The van der Waals surface area contributed by atoms with Gasteiger partial charge in [-0.1, -0.05) is 30.3 Å². The zero-order valence-corrected chi connectivity index (χ0v) is 12.8. The molecular weight excluding hydrogens is 262 g/mol. The van der Waals surface area contributed by atoms with Gasteiger partial charge in [-0.05, 0) is 37.1 Å². The van der Waals surface area contributed by atoms with E-state index in [1.165, 1.54) is 5.56 Å². The molecule has 1 aromatic heterocycles. The highest BCUT2D eigenvalue weighted by Gasteiger charge is 2.14. The lowest BCUT2D eigenvalue weighted by atomic mass is 10.1. The largest absolute Gasteiger partial charge is 0.370 e. The fourth-order valence-corrected chi connectivity index (χ4v) is 2.14. The Balaban J connectivity index is 2.12. The molecular formula is C17H21N3O. The SMILES string of the molecule is CCNc1cccc(C(=O)N(C)Cc2ccccc2C)n1. The highest BCUT2D eigenvalue weighted by Crippen LogP contribution is 2.12. The number of benzene rings is 1. The lowest BCUT2D eigenvalue weighted by Crippen LogP contribution is -2.27. The molecule has 0 radical (unpaired) electrons. The Morgan fingerprint density at radius 3 is 2.67 bits per heavy atom. The first kappa shape index (κ1) is 15.0. The number of hydrogen-bond acceptors (Lipinski definition) is 3. The Morgan fingerprint density at radius 2 is 1.95 bits per heavy atom. The molecule has 0 atom stereocenters. The van der Waals surface area contributed by atoms with Crippen LogP contribution in [0.15, 0.2) is 42.5 Å². The summed E-state index contributed by atoms with van der Waals surface area (Å²) >= 11 is 0. The molecule has 0 aliphatic rings. The number of aromatic nitrogens is 1. The van der Waals surface area contributed by atoms with Gasteiger partial charge in [0.25, 0.3) is 5.91 Å². The van der Waals surface area contributed by atoms with Gasteiger partial charge in [0, 0.05) is 20.1 Å². The van der Waals surface area contributed by atoms with Crippen LogP contribution in [0.5, 0.6) is 0 Å². The van der Waals surface area contributed by atoms with Crippen LogP contribution >= 0.6 is 0 Å². The molecule has 1 heterocycles. The van der Waals surface area contributed by atoms with Crippen molar-refractivity contribution in [3.63, 3.8) is 0 Å². The molecule has 0 spiro atoms. The predicted octanol–water partition coefficient (Wildman–Crippen LogP) is 3.09. The lowest BCUT2D eigenvalue weighted by Gasteiger charge is -2.18. The Kier molecular flexibility index (Phi) is 4.93. The summed E-state index contributed by atoms with van der Waals surface area (Å²) in [4.78, 5) is 18.5. The molecule has 1 amide bonds. The van der Waals surface area contributed by atoms with Crippen molar-refractivity contribution in [2.24, 2.45) is 0 Å². The zero-order valence-electron chi connectivity index (χ0n) is 12.8. The third kappa shape index (κ3) is 3.81. The third-order valence-corrected chi connectivity index (χ3v) is 3.34. The number of amides is 1. The molecule has 110 valence electrons. The van der Waals surface area contributed by atoms with Crippen LogP contribution in [0.1, 0.15) is 28.5 Å². The standard InChI is InChI=1S/C17H21N3O/c1-4-18-16-11-7-10-15(19-16)17(21)20(3)12-14-9-6-5-8-13(14)2/h5-11H,4,12H2,1-3H3,(H,18,19). The average Bonchev–Trinajstić information content (AvgIpc) is 2.49. The Labute approximate surface area is 125 Å². The number of anilines is 1. The van der Waals surface area contributed by atoms with Gasteiger partial charge in [0.2, 0.25) is 0 Å². The van der Waals surface area contributed by atoms with Gasteiger partial charge in [-0.15, -0.1) is 0 Å². The summed E-state index contributed by atoms with van der Waals surface area (Å²) < 4.78 is 0. The smallest absolute Gasteiger partial charge is 0.272 e. The summed E-state index contributed by atoms with van der Waals surface area (Å²) in [6, 6.07) is 13.5. The first-order chi connectivity index (χ1) is 10.1. The maximum atomic E-state index is 12.5. The molecule has 2 aromatic rings. The summed E-state index contributed by atoms with van der Waals surface area (Å²) in [5.74, 6) is 0.658. The van der Waals surface area contributed by atoms with E-state index in [0.29, 0.717) is 12.2 Å². The molecule has 4 nitrogen and oxygen atoms in total. The molecule has 1 aromatic carbocycles. The predicted molar refractivity (Wildman–Crippen MR) is 85.4 cm³/mol. The minimum absolute atomic E-state index is 0.0713. The van der Waals surface area contributed by atoms with Gasteiger partial charge in [-0.3, -0.25) is 4.79 Å². The van der Waals surface area contributed by atoms with E-state index < -0.39 is 0 Å². The van der Waals surface area contributed by atoms with Crippen LogP contribution in [0.3, 0.4) is 0 Å². The minimum atomic E-state index is -0.0713. The van der Waals surface area contributed by atoms with E-state index in [1.807, 2.05) is 37.3 Å². The van der Waals surface area contributed by atoms with Gasteiger partial charge in [-0.25, -0.2) is 4.98 Å². The normalized spacial score (nSPS) is 10.2. The van der Waals surface area contributed by atoms with Crippen LogP contribution in [0.2, 0.25) is 0 Å². The molecule has 0 unspecified atom stereocenters. The monoisotopic (exact) mass is 283 g/mol. The molecule has 0 aliphatic carbocycles. The van der Waals surface area contributed by atoms with Crippen LogP contribution < -0.4 is 5.32 Å². The van der Waals surface area contributed by atoms with Crippen molar-refractivity contribution in [2.45, 2.75) is 20.4 Å².